The van der Waals surface area contributed by atoms with Crippen LogP contribution in [0.1, 0.15) is 25.0 Å². The average molecular weight is 366 g/mol. The van der Waals surface area contributed by atoms with Crippen molar-refractivity contribution in [3.63, 3.8) is 0 Å². The van der Waals surface area contributed by atoms with E-state index in [0.717, 1.165) is 17.0 Å². The SMILES string of the molecule is Cc1ccc(N=C2NC(=O)/C(=C/c3ccc(OCC(C)C)cc3)S2)cc1. The molecule has 1 aliphatic heterocycles. The van der Waals surface area contributed by atoms with Crippen LogP contribution in [0.15, 0.2) is 58.4 Å². The topological polar surface area (TPSA) is 50.7 Å². The fraction of sp³-hybridized carbons (Fsp3) is 0.238. The fourth-order valence-electron chi connectivity index (χ4n) is 2.29. The van der Waals surface area contributed by atoms with E-state index in [1.165, 1.54) is 17.3 Å². The maximum atomic E-state index is 12.2. The third-order valence-electron chi connectivity index (χ3n) is 3.68. The van der Waals surface area contributed by atoms with Gasteiger partial charge in [0.05, 0.1) is 17.2 Å². The maximum absolute atomic E-state index is 12.2. The summed E-state index contributed by atoms with van der Waals surface area (Å²) in [6.45, 7) is 6.95. The lowest BCUT2D eigenvalue weighted by atomic mass is 10.2. The molecular weight excluding hydrogens is 344 g/mol. The number of carbonyl (C=O) groups excluding carboxylic acids is 1. The van der Waals surface area contributed by atoms with Crippen molar-refractivity contribution in [3.05, 3.63) is 64.6 Å². The molecule has 3 rings (SSSR count). The molecule has 0 spiro atoms. The van der Waals surface area contributed by atoms with Crippen molar-refractivity contribution in [2.45, 2.75) is 20.8 Å². The molecule has 1 heterocycles. The molecular formula is C21H22N2O2S. The molecule has 26 heavy (non-hydrogen) atoms. The summed E-state index contributed by atoms with van der Waals surface area (Å²) in [7, 11) is 0. The van der Waals surface area contributed by atoms with E-state index in [2.05, 4.69) is 24.2 Å². The molecule has 0 radical (unpaired) electrons. The molecule has 5 heteroatoms. The fourth-order valence-corrected chi connectivity index (χ4v) is 3.13. The Morgan fingerprint density at radius 2 is 1.81 bits per heavy atom. The van der Waals surface area contributed by atoms with Gasteiger partial charge in [-0.1, -0.05) is 43.7 Å². The lowest BCUT2D eigenvalue weighted by Crippen LogP contribution is -2.19. The Labute approximate surface area is 158 Å². The van der Waals surface area contributed by atoms with Crippen molar-refractivity contribution in [2.24, 2.45) is 10.9 Å². The van der Waals surface area contributed by atoms with Crippen LogP contribution in [0.3, 0.4) is 0 Å². The Hall–Kier alpha value is -2.53. The predicted molar refractivity (Wildman–Crippen MR) is 109 cm³/mol. The van der Waals surface area contributed by atoms with Crippen LogP contribution in [0, 0.1) is 12.8 Å². The van der Waals surface area contributed by atoms with Gasteiger partial charge in [-0.3, -0.25) is 4.79 Å². The van der Waals surface area contributed by atoms with Gasteiger partial charge in [0.25, 0.3) is 5.91 Å². The van der Waals surface area contributed by atoms with Crippen LogP contribution < -0.4 is 10.1 Å². The number of nitrogens with zero attached hydrogens (tertiary/aromatic N) is 1. The summed E-state index contributed by atoms with van der Waals surface area (Å²) in [5, 5.41) is 3.41. The van der Waals surface area contributed by atoms with Crippen molar-refractivity contribution in [1.29, 1.82) is 0 Å². The third-order valence-corrected chi connectivity index (χ3v) is 4.59. The van der Waals surface area contributed by atoms with E-state index < -0.39 is 0 Å². The molecule has 4 nitrogen and oxygen atoms in total. The zero-order valence-corrected chi connectivity index (χ0v) is 16.0. The van der Waals surface area contributed by atoms with Crippen LogP contribution in [0.5, 0.6) is 5.75 Å². The van der Waals surface area contributed by atoms with Crippen LogP contribution in [-0.4, -0.2) is 17.7 Å². The van der Waals surface area contributed by atoms with Gasteiger partial charge in [0, 0.05) is 0 Å². The molecule has 1 amide bonds. The molecule has 0 atom stereocenters. The molecule has 1 saturated heterocycles. The molecule has 1 aliphatic rings. The number of thioether (sulfide) groups is 1. The summed E-state index contributed by atoms with van der Waals surface area (Å²) in [4.78, 5) is 17.3. The highest BCUT2D eigenvalue weighted by atomic mass is 32.2. The van der Waals surface area contributed by atoms with Crippen molar-refractivity contribution in [1.82, 2.24) is 5.32 Å². The highest BCUT2D eigenvalue weighted by Crippen LogP contribution is 2.28. The summed E-state index contributed by atoms with van der Waals surface area (Å²) >= 11 is 1.35. The monoisotopic (exact) mass is 366 g/mol. The van der Waals surface area contributed by atoms with E-state index >= 15 is 0 Å². The maximum Gasteiger partial charge on any atom is 0.264 e. The zero-order valence-electron chi connectivity index (χ0n) is 15.2. The molecule has 0 saturated carbocycles. The van der Waals surface area contributed by atoms with Crippen molar-refractivity contribution < 1.29 is 9.53 Å². The number of aliphatic imine (C=N–C) groups is 1. The normalized spacial score (nSPS) is 17.2. The van der Waals surface area contributed by atoms with E-state index in [-0.39, 0.29) is 5.91 Å². The highest BCUT2D eigenvalue weighted by Gasteiger charge is 2.23. The summed E-state index contributed by atoms with van der Waals surface area (Å²) in [5.74, 6) is 1.20. The first kappa shape index (κ1) is 18.3. The number of carbonyl (C=O) groups is 1. The number of aryl methyl sites for hydroxylation is 1. The molecule has 2 aromatic rings. The standard InChI is InChI=1S/C21H22N2O2S/c1-14(2)13-25-18-10-6-16(7-11-18)12-19-20(24)23-21(26-19)22-17-8-4-15(3)5-9-17/h4-12,14H,13H2,1-3H3,(H,22,23,24)/b19-12-. The predicted octanol–water partition coefficient (Wildman–Crippen LogP) is 4.92. The quantitative estimate of drug-likeness (QED) is 0.764. The van der Waals surface area contributed by atoms with E-state index in [1.807, 2.05) is 61.5 Å². The lowest BCUT2D eigenvalue weighted by Gasteiger charge is -2.08. The largest absolute Gasteiger partial charge is 0.493 e. The van der Waals surface area contributed by atoms with E-state index in [1.54, 1.807) is 0 Å². The third kappa shape index (κ3) is 4.99. The summed E-state index contributed by atoms with van der Waals surface area (Å²) < 4.78 is 5.68. The molecule has 0 bridgehead atoms. The first-order valence-corrected chi connectivity index (χ1v) is 9.40. The Bertz CT molecular complexity index is 837. The zero-order chi connectivity index (χ0) is 18.5. The summed E-state index contributed by atoms with van der Waals surface area (Å²) in [5.41, 5.74) is 2.96. The number of amidine groups is 1. The lowest BCUT2D eigenvalue weighted by molar-refractivity contribution is -0.115. The van der Waals surface area contributed by atoms with Gasteiger partial charge in [0.15, 0.2) is 5.17 Å². The van der Waals surface area contributed by atoms with Crippen LogP contribution in [0.2, 0.25) is 0 Å². The van der Waals surface area contributed by atoms with Crippen LogP contribution in [0.4, 0.5) is 5.69 Å². The van der Waals surface area contributed by atoms with E-state index in [9.17, 15) is 4.79 Å². The number of ether oxygens (including phenoxy) is 1. The number of amides is 1. The molecule has 0 unspecified atom stereocenters. The molecule has 1 N–H and O–H groups in total. The second-order valence-electron chi connectivity index (χ2n) is 6.59. The van der Waals surface area contributed by atoms with Crippen molar-refractivity contribution in [2.75, 3.05) is 6.61 Å². The minimum atomic E-state index is -0.124. The van der Waals surface area contributed by atoms with E-state index in [4.69, 9.17) is 4.74 Å². The van der Waals surface area contributed by atoms with Gasteiger partial charge in [-0.15, -0.1) is 0 Å². The molecule has 134 valence electrons. The number of rotatable bonds is 5. The highest BCUT2D eigenvalue weighted by molar-refractivity contribution is 8.18. The number of benzene rings is 2. The van der Waals surface area contributed by atoms with Crippen LogP contribution >= 0.6 is 11.8 Å². The van der Waals surface area contributed by atoms with Gasteiger partial charge in [0.1, 0.15) is 5.75 Å². The minimum Gasteiger partial charge on any atom is -0.493 e. The number of nitrogens with one attached hydrogen (secondary N) is 1. The average Bonchev–Trinajstić information content (AvgIpc) is 2.95. The van der Waals surface area contributed by atoms with Crippen LogP contribution in [-0.2, 0) is 4.79 Å². The van der Waals surface area contributed by atoms with Gasteiger partial charge in [-0.2, -0.15) is 0 Å². The summed E-state index contributed by atoms with van der Waals surface area (Å²) in [6, 6.07) is 15.6. The van der Waals surface area contributed by atoms with Gasteiger partial charge in [-0.25, -0.2) is 4.99 Å². The van der Waals surface area contributed by atoms with Crippen molar-refractivity contribution >= 4 is 34.6 Å². The van der Waals surface area contributed by atoms with Gasteiger partial charge in [-0.05, 0) is 60.5 Å². The second-order valence-corrected chi connectivity index (χ2v) is 7.62. The molecule has 0 aliphatic carbocycles. The first-order chi connectivity index (χ1) is 12.5. The van der Waals surface area contributed by atoms with Gasteiger partial charge in [0.2, 0.25) is 0 Å². The number of hydrogen-bond donors (Lipinski definition) is 1. The Kier molecular flexibility index (Phi) is 5.78. The van der Waals surface area contributed by atoms with Gasteiger partial charge >= 0.3 is 0 Å². The minimum absolute atomic E-state index is 0.124. The Balaban J connectivity index is 1.69. The van der Waals surface area contributed by atoms with E-state index in [0.29, 0.717) is 22.6 Å². The number of hydrogen-bond acceptors (Lipinski definition) is 4. The van der Waals surface area contributed by atoms with Gasteiger partial charge < -0.3 is 10.1 Å². The first-order valence-electron chi connectivity index (χ1n) is 8.59. The Morgan fingerprint density at radius 3 is 2.46 bits per heavy atom. The molecule has 1 fully saturated rings. The van der Waals surface area contributed by atoms with Crippen LogP contribution in [0.25, 0.3) is 6.08 Å². The second kappa shape index (κ2) is 8.23. The summed E-state index contributed by atoms with van der Waals surface area (Å²) in [6.07, 6.45) is 1.86. The van der Waals surface area contributed by atoms with Crippen molar-refractivity contribution in [3.8, 4) is 5.75 Å². The smallest absolute Gasteiger partial charge is 0.264 e. The molecule has 0 aromatic heterocycles. The molecule has 2 aromatic carbocycles. The Morgan fingerprint density at radius 1 is 1.12 bits per heavy atom.